The largest absolute Gasteiger partial charge is 0.350 e. The van der Waals surface area contributed by atoms with Gasteiger partial charge in [-0.25, -0.2) is 31.3 Å². The van der Waals surface area contributed by atoms with Gasteiger partial charge < -0.3 is 11.5 Å². The van der Waals surface area contributed by atoms with Crippen molar-refractivity contribution in [1.82, 2.24) is 0 Å². The van der Waals surface area contributed by atoms with Gasteiger partial charge in [0.15, 0.2) is 0 Å². The van der Waals surface area contributed by atoms with Crippen LogP contribution in [0.3, 0.4) is 0 Å². The Labute approximate surface area is 124 Å². The quantitative estimate of drug-likeness (QED) is 0.379. The maximum Gasteiger partial charge on any atom is 0.333 e. The summed E-state index contributed by atoms with van der Waals surface area (Å²) in [6.07, 6.45) is 0. The normalized spacial score (nSPS) is 10.2. The molecule has 0 bridgehead atoms. The van der Waals surface area contributed by atoms with E-state index in [-0.39, 0.29) is 0 Å². The lowest BCUT2D eigenvalue weighted by molar-refractivity contribution is 0.253. The number of hydrogen-bond donors (Lipinski definition) is 4. The topological polar surface area (TPSA) is 145 Å². The Morgan fingerprint density at radius 1 is 1.00 bits per heavy atom. The van der Waals surface area contributed by atoms with Gasteiger partial charge in [0, 0.05) is 10.4 Å². The lowest BCUT2D eigenvalue weighted by atomic mass is 10.1. The third kappa shape index (κ3) is 2.94. The molecule has 0 atom stereocenters. The van der Waals surface area contributed by atoms with Gasteiger partial charge in [-0.2, -0.15) is 0 Å². The van der Waals surface area contributed by atoms with Crippen molar-refractivity contribution in [3.63, 3.8) is 0 Å². The van der Waals surface area contributed by atoms with Crippen LogP contribution in [0.15, 0.2) is 35.7 Å². The number of nitrogens with zero attached hydrogens (tertiary/aromatic N) is 2. The molecule has 0 aliphatic rings. The van der Waals surface area contributed by atoms with E-state index in [4.69, 9.17) is 23.2 Å². The molecule has 0 unspecified atom stereocenters. The van der Waals surface area contributed by atoms with E-state index in [2.05, 4.69) is 0 Å². The van der Waals surface area contributed by atoms with Gasteiger partial charge in [0.05, 0.1) is 11.4 Å². The van der Waals surface area contributed by atoms with Crippen molar-refractivity contribution in [2.75, 3.05) is 10.0 Å². The van der Waals surface area contributed by atoms with E-state index in [9.17, 15) is 9.59 Å². The van der Waals surface area contributed by atoms with Crippen LogP contribution < -0.4 is 33.2 Å². The molecule has 0 saturated carbocycles. The number of benzene rings is 1. The SMILES string of the molecule is NC(=O)N(N)c1ccc(N(N)C(N)=O)c(-c2cccs2)c1. The number of rotatable bonds is 3. The summed E-state index contributed by atoms with van der Waals surface area (Å²) in [4.78, 5) is 23.2. The lowest BCUT2D eigenvalue weighted by Crippen LogP contribution is -2.42. The van der Waals surface area contributed by atoms with Gasteiger partial charge in [-0.15, -0.1) is 11.3 Å². The summed E-state index contributed by atoms with van der Waals surface area (Å²) in [7, 11) is 0. The third-order valence-electron chi connectivity index (χ3n) is 2.78. The number of amides is 4. The molecule has 0 saturated heterocycles. The summed E-state index contributed by atoms with van der Waals surface area (Å²) in [5.74, 6) is 11.2. The van der Waals surface area contributed by atoms with E-state index in [0.29, 0.717) is 16.9 Å². The smallest absolute Gasteiger partial charge is 0.333 e. The molecular formula is C12H14N6O2S. The highest BCUT2D eigenvalue weighted by Crippen LogP contribution is 2.35. The van der Waals surface area contributed by atoms with Gasteiger partial charge >= 0.3 is 12.1 Å². The molecule has 110 valence electrons. The molecule has 0 aliphatic carbocycles. The Kier molecular flexibility index (Phi) is 4.08. The second-order valence-electron chi connectivity index (χ2n) is 4.10. The highest BCUT2D eigenvalue weighted by Gasteiger charge is 2.17. The zero-order valence-corrected chi connectivity index (χ0v) is 11.7. The van der Waals surface area contributed by atoms with E-state index in [1.807, 2.05) is 17.5 Å². The van der Waals surface area contributed by atoms with Crippen molar-refractivity contribution >= 4 is 34.8 Å². The number of primary amides is 2. The van der Waals surface area contributed by atoms with Crippen LogP contribution in [0.1, 0.15) is 0 Å². The summed E-state index contributed by atoms with van der Waals surface area (Å²) >= 11 is 1.44. The molecule has 0 spiro atoms. The number of anilines is 2. The maximum atomic E-state index is 11.3. The molecule has 0 fully saturated rings. The fourth-order valence-corrected chi connectivity index (χ4v) is 2.51. The van der Waals surface area contributed by atoms with Crippen molar-refractivity contribution in [2.24, 2.45) is 23.2 Å². The summed E-state index contributed by atoms with van der Waals surface area (Å²) < 4.78 is 0. The maximum absolute atomic E-state index is 11.3. The number of thiophene rings is 1. The molecule has 21 heavy (non-hydrogen) atoms. The van der Waals surface area contributed by atoms with E-state index >= 15 is 0 Å². The molecule has 2 rings (SSSR count). The second-order valence-corrected chi connectivity index (χ2v) is 5.04. The molecule has 1 aromatic heterocycles. The zero-order valence-electron chi connectivity index (χ0n) is 10.9. The van der Waals surface area contributed by atoms with Crippen molar-refractivity contribution in [2.45, 2.75) is 0 Å². The summed E-state index contributed by atoms with van der Waals surface area (Å²) in [5, 5.41) is 3.49. The van der Waals surface area contributed by atoms with Crippen molar-refractivity contribution in [3.8, 4) is 10.4 Å². The van der Waals surface area contributed by atoms with Crippen molar-refractivity contribution in [3.05, 3.63) is 35.7 Å². The average molecular weight is 306 g/mol. The number of carbonyl (C=O) groups is 2. The summed E-state index contributed by atoms with van der Waals surface area (Å²) in [6.45, 7) is 0. The molecule has 8 nitrogen and oxygen atoms in total. The first-order valence-corrected chi connectivity index (χ1v) is 6.66. The minimum atomic E-state index is -0.806. The van der Waals surface area contributed by atoms with Gasteiger partial charge in [0.25, 0.3) is 0 Å². The molecule has 0 radical (unpaired) electrons. The minimum Gasteiger partial charge on any atom is -0.350 e. The third-order valence-corrected chi connectivity index (χ3v) is 3.68. The van der Waals surface area contributed by atoms with Crippen LogP contribution in [-0.2, 0) is 0 Å². The minimum absolute atomic E-state index is 0.368. The molecule has 8 N–H and O–H groups in total. The molecule has 4 amide bonds. The number of hydrazine groups is 2. The molecule has 1 aromatic carbocycles. The first kappa shape index (κ1) is 14.8. The van der Waals surface area contributed by atoms with Crippen LogP contribution >= 0.6 is 11.3 Å². The fourth-order valence-electron chi connectivity index (χ4n) is 1.76. The van der Waals surface area contributed by atoms with E-state index in [1.54, 1.807) is 6.07 Å². The molecule has 2 aromatic rings. The monoisotopic (exact) mass is 306 g/mol. The van der Waals surface area contributed by atoms with Crippen molar-refractivity contribution in [1.29, 1.82) is 0 Å². The highest BCUT2D eigenvalue weighted by atomic mass is 32.1. The predicted molar refractivity (Wildman–Crippen MR) is 82.3 cm³/mol. The summed E-state index contributed by atoms with van der Waals surface area (Å²) in [5.41, 5.74) is 11.7. The van der Waals surface area contributed by atoms with Gasteiger partial charge in [0.2, 0.25) is 0 Å². The first-order chi connectivity index (χ1) is 9.91. The van der Waals surface area contributed by atoms with E-state index < -0.39 is 12.1 Å². The zero-order chi connectivity index (χ0) is 15.6. The van der Waals surface area contributed by atoms with Crippen molar-refractivity contribution < 1.29 is 9.59 Å². The Balaban J connectivity index is 2.57. The number of hydrogen-bond acceptors (Lipinski definition) is 5. The second kappa shape index (κ2) is 5.79. The van der Waals surface area contributed by atoms with E-state index in [0.717, 1.165) is 14.9 Å². The fraction of sp³-hybridized carbons (Fsp3) is 0. The average Bonchev–Trinajstić information content (AvgIpc) is 2.98. The van der Waals surface area contributed by atoms with Gasteiger partial charge in [-0.1, -0.05) is 6.07 Å². The van der Waals surface area contributed by atoms with Gasteiger partial charge in [0.1, 0.15) is 0 Å². The molecular weight excluding hydrogens is 292 g/mol. The summed E-state index contributed by atoms with van der Waals surface area (Å²) in [6, 6.07) is 6.73. The van der Waals surface area contributed by atoms with Gasteiger partial charge in [-0.05, 0) is 29.6 Å². The van der Waals surface area contributed by atoms with Crippen LogP contribution in [0, 0.1) is 0 Å². The Hall–Kier alpha value is -2.62. The van der Waals surface area contributed by atoms with E-state index in [1.165, 1.54) is 23.5 Å². The predicted octanol–water partition coefficient (Wildman–Crippen LogP) is 0.933. The van der Waals surface area contributed by atoms with Crippen LogP contribution in [-0.4, -0.2) is 12.1 Å². The molecule has 1 heterocycles. The van der Waals surface area contributed by atoms with Crippen LogP contribution in [0.2, 0.25) is 0 Å². The molecule has 0 aliphatic heterocycles. The lowest BCUT2D eigenvalue weighted by Gasteiger charge is -2.20. The standard InChI is InChI=1S/C12H14N6O2S/c13-11(19)17(15)7-3-4-9(18(16)12(14)20)8(6-7)10-2-1-5-21-10/h1-6H,15-16H2,(H2,13,19)(H2,14,20). The Bertz CT molecular complexity index is 672. The van der Waals surface area contributed by atoms with Crippen LogP contribution in [0.5, 0.6) is 0 Å². The first-order valence-electron chi connectivity index (χ1n) is 5.78. The van der Waals surface area contributed by atoms with Gasteiger partial charge in [-0.3, -0.25) is 0 Å². The number of urea groups is 2. The highest BCUT2D eigenvalue weighted by molar-refractivity contribution is 7.13. The number of nitrogens with two attached hydrogens (primary N) is 4. The number of carbonyl (C=O) groups excluding carboxylic acids is 2. The van der Waals surface area contributed by atoms with Crippen LogP contribution in [0.25, 0.3) is 10.4 Å². The Morgan fingerprint density at radius 3 is 2.19 bits per heavy atom. The Morgan fingerprint density at radius 2 is 1.67 bits per heavy atom. The molecule has 9 heteroatoms. The van der Waals surface area contributed by atoms with Crippen LogP contribution in [0.4, 0.5) is 21.0 Å².